The lowest BCUT2D eigenvalue weighted by atomic mass is 9.60. The van der Waals surface area contributed by atoms with E-state index in [1.54, 1.807) is 5.57 Å². The summed E-state index contributed by atoms with van der Waals surface area (Å²) in [6.07, 6.45) is 18.8. The van der Waals surface area contributed by atoms with E-state index in [4.69, 9.17) is 0 Å². The molecule has 0 saturated heterocycles. The van der Waals surface area contributed by atoms with E-state index in [1.165, 1.54) is 68.9 Å². The lowest BCUT2D eigenvalue weighted by Gasteiger charge is -2.44. The molecule has 0 amide bonds. The maximum Gasteiger partial charge on any atom is 0.0602 e. The molecule has 0 aromatic carbocycles. The van der Waals surface area contributed by atoms with Crippen molar-refractivity contribution in [2.24, 2.45) is 29.1 Å². The highest BCUT2D eigenvalue weighted by Crippen LogP contribution is 2.60. The minimum atomic E-state index is -0.548. The predicted molar refractivity (Wildman–Crippen MR) is 140 cm³/mol. The Morgan fingerprint density at radius 2 is 1.82 bits per heavy atom. The third-order valence-corrected chi connectivity index (χ3v) is 10.0. The van der Waals surface area contributed by atoms with Crippen LogP contribution in [-0.4, -0.2) is 33.1 Å². The SMILES string of the molecule is C[C@H](CCCC(C)(C)O)[C@H]1CC[C@H]2/C(=C/C(CCC3CC3)=C3C[C@@H](O)C[C@H](O)C3)CCC[C@]12C. The van der Waals surface area contributed by atoms with E-state index >= 15 is 0 Å². The van der Waals surface area contributed by atoms with Gasteiger partial charge >= 0.3 is 0 Å². The minimum absolute atomic E-state index is 0.384. The first-order valence-electron chi connectivity index (χ1n) is 14.5. The van der Waals surface area contributed by atoms with Crippen molar-refractivity contribution < 1.29 is 15.3 Å². The summed E-state index contributed by atoms with van der Waals surface area (Å²) in [7, 11) is 0. The largest absolute Gasteiger partial charge is 0.393 e. The second-order valence-electron chi connectivity index (χ2n) is 13.6. The smallest absolute Gasteiger partial charge is 0.0602 e. The van der Waals surface area contributed by atoms with Crippen molar-refractivity contribution in [3.05, 3.63) is 22.8 Å². The Labute approximate surface area is 209 Å². The zero-order valence-electron chi connectivity index (χ0n) is 22.5. The standard InChI is InChI=1S/C31H52O3/c1-21(7-5-15-30(2,3)34)28-13-14-29-24(8-6-16-31(28,29)4)17-23(12-11-22-9-10-22)25-18-26(32)20-27(33)19-25/h17,21-22,26-29,32-34H,5-16,18-20H2,1-4H3/b24-17+/t21-,26-,27-,28-,29+,31-/m1/s1. The molecule has 4 saturated carbocycles. The summed E-state index contributed by atoms with van der Waals surface area (Å²) in [5.41, 5.74) is 4.32. The summed E-state index contributed by atoms with van der Waals surface area (Å²) in [6.45, 7) is 8.92. The van der Waals surface area contributed by atoms with Crippen molar-refractivity contribution >= 4 is 0 Å². The van der Waals surface area contributed by atoms with E-state index in [9.17, 15) is 15.3 Å². The molecule has 4 aliphatic rings. The van der Waals surface area contributed by atoms with E-state index in [0.29, 0.717) is 23.7 Å². The molecule has 34 heavy (non-hydrogen) atoms. The van der Waals surface area contributed by atoms with Crippen LogP contribution in [0.4, 0.5) is 0 Å². The first-order valence-corrected chi connectivity index (χ1v) is 14.5. The zero-order valence-corrected chi connectivity index (χ0v) is 22.5. The van der Waals surface area contributed by atoms with Gasteiger partial charge in [-0.25, -0.2) is 0 Å². The fraction of sp³-hybridized carbons (Fsp3) is 0.871. The van der Waals surface area contributed by atoms with E-state index in [1.807, 2.05) is 13.8 Å². The number of hydrogen-bond donors (Lipinski definition) is 3. The van der Waals surface area contributed by atoms with Gasteiger partial charge in [0.2, 0.25) is 0 Å². The van der Waals surface area contributed by atoms with Crippen LogP contribution in [0.5, 0.6) is 0 Å². The molecule has 0 radical (unpaired) electrons. The molecule has 0 aromatic heterocycles. The zero-order chi connectivity index (χ0) is 24.5. The summed E-state index contributed by atoms with van der Waals surface area (Å²) in [6, 6.07) is 0. The molecule has 3 heteroatoms. The topological polar surface area (TPSA) is 60.7 Å². The van der Waals surface area contributed by atoms with Crippen molar-refractivity contribution in [1.82, 2.24) is 0 Å². The van der Waals surface area contributed by atoms with E-state index < -0.39 is 5.60 Å². The number of fused-ring (bicyclic) bond motifs is 1. The highest BCUT2D eigenvalue weighted by Gasteiger charge is 2.50. The fourth-order valence-electron chi connectivity index (χ4n) is 7.98. The summed E-state index contributed by atoms with van der Waals surface area (Å²) >= 11 is 0. The molecule has 4 fully saturated rings. The van der Waals surface area contributed by atoms with Crippen LogP contribution in [-0.2, 0) is 0 Å². The minimum Gasteiger partial charge on any atom is -0.393 e. The van der Waals surface area contributed by atoms with E-state index in [0.717, 1.165) is 43.9 Å². The van der Waals surface area contributed by atoms with Crippen LogP contribution in [0.25, 0.3) is 0 Å². The lowest BCUT2D eigenvalue weighted by molar-refractivity contribution is 0.0589. The van der Waals surface area contributed by atoms with Crippen molar-refractivity contribution in [2.75, 3.05) is 0 Å². The molecule has 0 aliphatic heterocycles. The molecule has 0 unspecified atom stereocenters. The Hall–Kier alpha value is -0.640. The van der Waals surface area contributed by atoms with Gasteiger partial charge in [-0.1, -0.05) is 56.8 Å². The van der Waals surface area contributed by atoms with Gasteiger partial charge in [0, 0.05) is 0 Å². The number of hydrogen-bond acceptors (Lipinski definition) is 3. The highest BCUT2D eigenvalue weighted by atomic mass is 16.3. The van der Waals surface area contributed by atoms with Crippen LogP contribution in [0.1, 0.15) is 124 Å². The first kappa shape index (κ1) is 26.4. The third kappa shape index (κ3) is 6.56. The van der Waals surface area contributed by atoms with Crippen LogP contribution in [0, 0.1) is 29.1 Å². The van der Waals surface area contributed by atoms with Gasteiger partial charge in [-0.05, 0) is 119 Å². The predicted octanol–water partition coefficient (Wildman–Crippen LogP) is 7.10. The highest BCUT2D eigenvalue weighted by molar-refractivity contribution is 5.34. The molecule has 3 N–H and O–H groups in total. The molecular weight excluding hydrogens is 420 g/mol. The van der Waals surface area contributed by atoms with Crippen LogP contribution in [0.3, 0.4) is 0 Å². The second kappa shape index (κ2) is 10.8. The Bertz CT molecular complexity index is 743. The Morgan fingerprint density at radius 1 is 1.12 bits per heavy atom. The number of allylic oxidation sites excluding steroid dienone is 3. The van der Waals surface area contributed by atoms with Crippen molar-refractivity contribution in [3.8, 4) is 0 Å². The van der Waals surface area contributed by atoms with Gasteiger partial charge in [0.1, 0.15) is 0 Å². The average Bonchev–Trinajstić information content (AvgIpc) is 3.49. The second-order valence-corrected chi connectivity index (χ2v) is 13.6. The van der Waals surface area contributed by atoms with Crippen LogP contribution in [0.2, 0.25) is 0 Å². The summed E-state index contributed by atoms with van der Waals surface area (Å²) in [4.78, 5) is 0. The molecule has 3 nitrogen and oxygen atoms in total. The molecular formula is C31H52O3. The van der Waals surface area contributed by atoms with Crippen LogP contribution < -0.4 is 0 Å². The van der Waals surface area contributed by atoms with Gasteiger partial charge in [0.15, 0.2) is 0 Å². The number of aliphatic hydroxyl groups excluding tert-OH is 2. The molecule has 0 bridgehead atoms. The van der Waals surface area contributed by atoms with Crippen LogP contribution in [0.15, 0.2) is 22.8 Å². The molecule has 0 aromatic rings. The Kier molecular flexibility index (Phi) is 8.37. The summed E-state index contributed by atoms with van der Waals surface area (Å²) < 4.78 is 0. The normalized spacial score (nSPS) is 36.6. The quantitative estimate of drug-likeness (QED) is 0.335. The Morgan fingerprint density at radius 3 is 2.47 bits per heavy atom. The Balaban J connectivity index is 1.51. The monoisotopic (exact) mass is 472 g/mol. The summed E-state index contributed by atoms with van der Waals surface area (Å²) in [5, 5.41) is 30.9. The maximum absolute atomic E-state index is 10.4. The summed E-state index contributed by atoms with van der Waals surface area (Å²) in [5.74, 6) is 3.10. The molecule has 194 valence electrons. The first-order chi connectivity index (χ1) is 16.0. The fourth-order valence-corrected chi connectivity index (χ4v) is 7.98. The molecule has 6 atom stereocenters. The lowest BCUT2D eigenvalue weighted by Crippen LogP contribution is -2.36. The molecule has 0 heterocycles. The van der Waals surface area contributed by atoms with Crippen molar-refractivity contribution in [1.29, 1.82) is 0 Å². The van der Waals surface area contributed by atoms with Gasteiger partial charge < -0.3 is 15.3 Å². The van der Waals surface area contributed by atoms with Gasteiger partial charge in [-0.3, -0.25) is 0 Å². The number of aliphatic hydroxyl groups is 3. The number of rotatable bonds is 9. The van der Waals surface area contributed by atoms with Crippen LogP contribution >= 0.6 is 0 Å². The molecule has 4 aliphatic carbocycles. The van der Waals surface area contributed by atoms with Gasteiger partial charge in [-0.15, -0.1) is 0 Å². The molecule has 4 rings (SSSR count). The molecule has 0 spiro atoms. The van der Waals surface area contributed by atoms with E-state index in [2.05, 4.69) is 19.9 Å². The third-order valence-electron chi connectivity index (χ3n) is 10.0. The maximum atomic E-state index is 10.4. The van der Waals surface area contributed by atoms with Crippen molar-refractivity contribution in [3.63, 3.8) is 0 Å². The average molecular weight is 473 g/mol. The van der Waals surface area contributed by atoms with Gasteiger partial charge in [-0.2, -0.15) is 0 Å². The van der Waals surface area contributed by atoms with Crippen molar-refractivity contribution in [2.45, 2.75) is 142 Å². The van der Waals surface area contributed by atoms with Gasteiger partial charge in [0.25, 0.3) is 0 Å². The van der Waals surface area contributed by atoms with E-state index in [-0.39, 0.29) is 12.2 Å². The van der Waals surface area contributed by atoms with Gasteiger partial charge in [0.05, 0.1) is 17.8 Å².